The third-order valence-electron chi connectivity index (χ3n) is 3.59. The maximum absolute atomic E-state index is 12.8. The molecular formula is C19H16N2O3S2. The predicted octanol–water partition coefficient (Wildman–Crippen LogP) is 3.03. The first-order valence-corrected chi connectivity index (χ1v) is 9.54. The lowest BCUT2D eigenvalue weighted by molar-refractivity contribution is -0.137. The van der Waals surface area contributed by atoms with Crippen molar-refractivity contribution in [3.63, 3.8) is 0 Å². The summed E-state index contributed by atoms with van der Waals surface area (Å²) in [5.74, 6) is -1.32. The van der Waals surface area contributed by atoms with Crippen LogP contribution in [0.3, 0.4) is 0 Å². The van der Waals surface area contributed by atoms with E-state index in [0.29, 0.717) is 9.81 Å². The fourth-order valence-electron chi connectivity index (χ4n) is 2.35. The van der Waals surface area contributed by atoms with E-state index in [4.69, 9.17) is 5.73 Å². The first-order chi connectivity index (χ1) is 12.6. The molecule has 0 fully saturated rings. The number of imide groups is 1. The molecule has 3 amide bonds. The first-order valence-electron chi connectivity index (χ1n) is 7.91. The summed E-state index contributed by atoms with van der Waals surface area (Å²) in [6, 6.07) is 18.8. The zero-order valence-corrected chi connectivity index (χ0v) is 15.4. The van der Waals surface area contributed by atoms with Gasteiger partial charge in [-0.3, -0.25) is 19.3 Å². The van der Waals surface area contributed by atoms with Gasteiger partial charge in [-0.2, -0.15) is 0 Å². The second-order valence-corrected chi connectivity index (χ2v) is 7.63. The Kier molecular flexibility index (Phi) is 5.80. The summed E-state index contributed by atoms with van der Waals surface area (Å²) in [6.07, 6.45) is -0.0515. The number of carbonyl (C=O) groups excluding carboxylic acids is 3. The maximum atomic E-state index is 12.8. The molecule has 1 aliphatic rings. The Labute approximate surface area is 159 Å². The summed E-state index contributed by atoms with van der Waals surface area (Å²) in [5, 5.41) is 0. The molecule has 0 radical (unpaired) electrons. The van der Waals surface area contributed by atoms with E-state index in [0.717, 1.165) is 14.7 Å². The highest BCUT2D eigenvalue weighted by Crippen LogP contribution is 2.42. The van der Waals surface area contributed by atoms with Gasteiger partial charge in [-0.1, -0.05) is 59.9 Å². The summed E-state index contributed by atoms with van der Waals surface area (Å²) >= 11 is 2.52. The molecule has 132 valence electrons. The van der Waals surface area contributed by atoms with Crippen molar-refractivity contribution in [2.45, 2.75) is 16.2 Å². The Morgan fingerprint density at radius 2 is 1.23 bits per heavy atom. The number of rotatable bonds is 7. The number of carbonyl (C=O) groups is 3. The Morgan fingerprint density at radius 3 is 1.62 bits per heavy atom. The molecule has 1 aliphatic heterocycles. The Hall–Kier alpha value is -2.51. The normalized spacial score (nSPS) is 14.2. The molecule has 7 heteroatoms. The summed E-state index contributed by atoms with van der Waals surface area (Å²) < 4.78 is 0. The van der Waals surface area contributed by atoms with E-state index in [9.17, 15) is 14.4 Å². The topological polar surface area (TPSA) is 80.5 Å². The van der Waals surface area contributed by atoms with Crippen LogP contribution < -0.4 is 5.73 Å². The third-order valence-corrected chi connectivity index (χ3v) is 5.90. The largest absolute Gasteiger partial charge is 0.370 e. The minimum Gasteiger partial charge on any atom is -0.370 e. The predicted molar refractivity (Wildman–Crippen MR) is 102 cm³/mol. The quantitative estimate of drug-likeness (QED) is 0.742. The number of hydrogen-bond donors (Lipinski definition) is 1. The molecule has 0 saturated heterocycles. The van der Waals surface area contributed by atoms with Crippen LogP contribution in [0.4, 0.5) is 0 Å². The van der Waals surface area contributed by atoms with Crippen LogP contribution in [-0.4, -0.2) is 29.2 Å². The van der Waals surface area contributed by atoms with Gasteiger partial charge in [0.25, 0.3) is 11.8 Å². The van der Waals surface area contributed by atoms with Crippen molar-refractivity contribution in [3.05, 3.63) is 70.5 Å². The van der Waals surface area contributed by atoms with E-state index in [1.54, 1.807) is 0 Å². The second-order valence-electron chi connectivity index (χ2n) is 5.47. The molecule has 2 aromatic rings. The molecule has 0 spiro atoms. The number of primary amides is 1. The van der Waals surface area contributed by atoms with Gasteiger partial charge in [0, 0.05) is 22.8 Å². The van der Waals surface area contributed by atoms with Crippen LogP contribution in [0.25, 0.3) is 0 Å². The van der Waals surface area contributed by atoms with E-state index in [1.165, 1.54) is 23.5 Å². The van der Waals surface area contributed by atoms with E-state index in [2.05, 4.69) is 0 Å². The molecule has 26 heavy (non-hydrogen) atoms. The number of nitrogens with zero attached hydrogens (tertiary/aromatic N) is 1. The van der Waals surface area contributed by atoms with Gasteiger partial charge < -0.3 is 5.73 Å². The van der Waals surface area contributed by atoms with Gasteiger partial charge in [0.1, 0.15) is 0 Å². The Morgan fingerprint density at radius 1 is 0.808 bits per heavy atom. The highest BCUT2D eigenvalue weighted by atomic mass is 32.2. The molecule has 0 saturated carbocycles. The van der Waals surface area contributed by atoms with Crippen LogP contribution in [0.5, 0.6) is 0 Å². The van der Waals surface area contributed by atoms with E-state index in [-0.39, 0.29) is 24.8 Å². The second kappa shape index (κ2) is 8.25. The number of amides is 3. The summed E-state index contributed by atoms with van der Waals surface area (Å²) in [6.45, 7) is -0.00923. The lowest BCUT2D eigenvalue weighted by atomic mass is 10.4. The van der Waals surface area contributed by atoms with Gasteiger partial charge in [-0.05, 0) is 24.3 Å². The highest BCUT2D eigenvalue weighted by Gasteiger charge is 2.39. The van der Waals surface area contributed by atoms with Crippen LogP contribution in [0, 0.1) is 0 Å². The van der Waals surface area contributed by atoms with Crippen molar-refractivity contribution in [3.8, 4) is 0 Å². The molecule has 0 unspecified atom stereocenters. The third kappa shape index (κ3) is 4.17. The lowest BCUT2D eigenvalue weighted by Gasteiger charge is -2.13. The standard InChI is InChI=1S/C19H16N2O3S2/c20-15(22)11-12-21-18(23)16(25-13-7-3-1-4-8-13)17(19(21)24)26-14-9-5-2-6-10-14/h1-10H,11-12H2,(H2,20,22). The SMILES string of the molecule is NC(=O)CCN1C(=O)C(Sc2ccccc2)=C(Sc2ccccc2)C1=O. The fourth-order valence-corrected chi connectivity index (χ4v) is 4.41. The van der Waals surface area contributed by atoms with Crippen molar-refractivity contribution in [1.82, 2.24) is 4.90 Å². The van der Waals surface area contributed by atoms with Gasteiger partial charge >= 0.3 is 0 Å². The Bertz CT molecular complexity index is 803. The molecule has 0 aromatic heterocycles. The minimum absolute atomic E-state index is 0.00923. The van der Waals surface area contributed by atoms with Gasteiger partial charge in [-0.25, -0.2) is 0 Å². The number of nitrogens with two attached hydrogens (primary N) is 1. The summed E-state index contributed by atoms with van der Waals surface area (Å²) in [7, 11) is 0. The van der Waals surface area contributed by atoms with E-state index >= 15 is 0 Å². The fraction of sp³-hybridized carbons (Fsp3) is 0.105. The molecule has 0 aliphatic carbocycles. The molecule has 2 aromatic carbocycles. The number of thioether (sulfide) groups is 2. The zero-order chi connectivity index (χ0) is 18.5. The van der Waals surface area contributed by atoms with Crippen molar-refractivity contribution >= 4 is 41.2 Å². The lowest BCUT2D eigenvalue weighted by Crippen LogP contribution is -2.34. The molecule has 1 heterocycles. The number of hydrogen-bond acceptors (Lipinski definition) is 5. The number of benzene rings is 2. The van der Waals surface area contributed by atoms with E-state index in [1.807, 2.05) is 60.7 Å². The van der Waals surface area contributed by atoms with Crippen LogP contribution in [0.2, 0.25) is 0 Å². The van der Waals surface area contributed by atoms with Crippen LogP contribution in [-0.2, 0) is 14.4 Å². The van der Waals surface area contributed by atoms with Gasteiger partial charge in [0.05, 0.1) is 9.81 Å². The average molecular weight is 384 g/mol. The van der Waals surface area contributed by atoms with Crippen molar-refractivity contribution < 1.29 is 14.4 Å². The zero-order valence-electron chi connectivity index (χ0n) is 13.8. The summed E-state index contributed by atoms with van der Waals surface area (Å²) in [4.78, 5) is 40.2. The maximum Gasteiger partial charge on any atom is 0.268 e. The molecule has 0 atom stereocenters. The van der Waals surface area contributed by atoms with Crippen molar-refractivity contribution in [2.24, 2.45) is 5.73 Å². The van der Waals surface area contributed by atoms with Crippen LogP contribution in [0.15, 0.2) is 80.3 Å². The minimum atomic E-state index is -0.549. The van der Waals surface area contributed by atoms with Gasteiger partial charge in [0.2, 0.25) is 5.91 Å². The van der Waals surface area contributed by atoms with Crippen LogP contribution >= 0.6 is 23.5 Å². The monoisotopic (exact) mass is 384 g/mol. The van der Waals surface area contributed by atoms with Gasteiger partial charge in [-0.15, -0.1) is 0 Å². The highest BCUT2D eigenvalue weighted by molar-refractivity contribution is 8.08. The average Bonchev–Trinajstić information content (AvgIpc) is 2.86. The van der Waals surface area contributed by atoms with E-state index < -0.39 is 5.91 Å². The van der Waals surface area contributed by atoms with Gasteiger partial charge in [0.15, 0.2) is 0 Å². The molecule has 5 nitrogen and oxygen atoms in total. The Balaban J connectivity index is 1.92. The molecule has 3 rings (SSSR count). The van der Waals surface area contributed by atoms with Crippen molar-refractivity contribution in [1.29, 1.82) is 0 Å². The van der Waals surface area contributed by atoms with Crippen LogP contribution in [0.1, 0.15) is 6.42 Å². The summed E-state index contributed by atoms with van der Waals surface area (Å²) in [5.41, 5.74) is 5.17. The molecular weight excluding hydrogens is 368 g/mol. The first kappa shape index (κ1) is 18.3. The van der Waals surface area contributed by atoms with Crippen molar-refractivity contribution in [2.75, 3.05) is 6.54 Å². The smallest absolute Gasteiger partial charge is 0.268 e. The molecule has 0 bridgehead atoms. The molecule has 2 N–H and O–H groups in total.